The van der Waals surface area contributed by atoms with Crippen LogP contribution in [0.3, 0.4) is 0 Å². The molecule has 0 spiro atoms. The zero-order valence-corrected chi connectivity index (χ0v) is 11.9. The number of fused-ring (bicyclic) bond motifs is 1. The third kappa shape index (κ3) is 2.50. The molecule has 0 aliphatic rings. The van der Waals surface area contributed by atoms with Crippen LogP contribution in [0.5, 0.6) is 0 Å². The molecular formula is C11H9ClN4S2. The zero-order valence-electron chi connectivity index (χ0n) is 9.50. The molecule has 0 saturated heterocycles. The second-order valence-electron chi connectivity index (χ2n) is 3.72. The van der Waals surface area contributed by atoms with E-state index in [-0.39, 0.29) is 0 Å². The largest absolute Gasteiger partial charge is 0.305 e. The van der Waals surface area contributed by atoms with Crippen LogP contribution < -0.4 is 0 Å². The number of rotatable bonds is 3. The van der Waals surface area contributed by atoms with E-state index in [0.717, 1.165) is 26.4 Å². The fraction of sp³-hybridized carbons (Fsp3) is 0.182. The fourth-order valence-corrected chi connectivity index (χ4v) is 3.43. The monoisotopic (exact) mass is 296 g/mol. The van der Waals surface area contributed by atoms with Crippen molar-refractivity contribution >= 4 is 40.3 Å². The van der Waals surface area contributed by atoms with Crippen molar-refractivity contribution in [1.29, 1.82) is 0 Å². The van der Waals surface area contributed by atoms with E-state index in [1.165, 1.54) is 0 Å². The molecule has 3 aromatic rings. The first-order chi connectivity index (χ1) is 8.70. The summed E-state index contributed by atoms with van der Waals surface area (Å²) < 4.78 is 2.91. The van der Waals surface area contributed by atoms with Crippen LogP contribution in [-0.4, -0.2) is 19.6 Å². The fourth-order valence-electron chi connectivity index (χ4n) is 1.56. The molecule has 0 fully saturated rings. The maximum atomic E-state index is 5.93. The molecule has 0 bridgehead atoms. The van der Waals surface area contributed by atoms with Gasteiger partial charge < -0.3 is 4.40 Å². The van der Waals surface area contributed by atoms with Crippen molar-refractivity contribution < 1.29 is 0 Å². The molecule has 0 amide bonds. The highest BCUT2D eigenvalue weighted by molar-refractivity contribution is 8.00. The molecule has 18 heavy (non-hydrogen) atoms. The number of imidazole rings is 1. The van der Waals surface area contributed by atoms with Gasteiger partial charge in [-0.05, 0) is 19.1 Å². The van der Waals surface area contributed by atoms with E-state index in [2.05, 4.69) is 15.2 Å². The van der Waals surface area contributed by atoms with Gasteiger partial charge in [-0.1, -0.05) is 34.7 Å². The molecule has 92 valence electrons. The summed E-state index contributed by atoms with van der Waals surface area (Å²) >= 11 is 9.18. The first-order valence-corrected chi connectivity index (χ1v) is 7.45. The summed E-state index contributed by atoms with van der Waals surface area (Å²) in [5, 5.41) is 9.76. The van der Waals surface area contributed by atoms with Gasteiger partial charge in [0.2, 0.25) is 0 Å². The van der Waals surface area contributed by atoms with Crippen LogP contribution >= 0.6 is 34.7 Å². The molecule has 0 saturated carbocycles. The Morgan fingerprint density at radius 3 is 3.00 bits per heavy atom. The molecule has 0 atom stereocenters. The normalized spacial score (nSPS) is 11.2. The predicted molar refractivity (Wildman–Crippen MR) is 74.4 cm³/mol. The van der Waals surface area contributed by atoms with Gasteiger partial charge in [-0.3, -0.25) is 0 Å². The molecule has 0 aliphatic heterocycles. The molecular weight excluding hydrogens is 288 g/mol. The standard InChI is InChI=1S/C11H9ClN4S2/c1-7-14-15-11(18-7)17-6-9-5-16-4-8(12)2-3-10(16)13-9/h2-5H,6H2,1H3. The van der Waals surface area contributed by atoms with E-state index in [0.29, 0.717) is 5.02 Å². The van der Waals surface area contributed by atoms with Crippen LogP contribution in [0.4, 0.5) is 0 Å². The molecule has 7 heteroatoms. The van der Waals surface area contributed by atoms with Crippen molar-refractivity contribution in [3.8, 4) is 0 Å². The number of aryl methyl sites for hydroxylation is 1. The summed E-state index contributed by atoms with van der Waals surface area (Å²) in [6.07, 6.45) is 3.84. The highest BCUT2D eigenvalue weighted by Crippen LogP contribution is 2.25. The molecule has 3 aromatic heterocycles. The Labute approximate surface area is 117 Å². The Hall–Kier alpha value is -1.11. The molecule has 0 radical (unpaired) electrons. The summed E-state index contributed by atoms with van der Waals surface area (Å²) in [4.78, 5) is 4.52. The summed E-state index contributed by atoms with van der Waals surface area (Å²) in [5.74, 6) is 0.786. The molecule has 3 heterocycles. The zero-order chi connectivity index (χ0) is 12.5. The Kier molecular flexibility index (Phi) is 3.23. The SMILES string of the molecule is Cc1nnc(SCc2cn3cc(Cl)ccc3n2)s1. The smallest absolute Gasteiger partial charge is 0.174 e. The molecule has 0 aromatic carbocycles. The Bertz CT molecular complexity index is 691. The molecule has 4 nitrogen and oxygen atoms in total. The van der Waals surface area contributed by atoms with Crippen LogP contribution in [0.15, 0.2) is 28.9 Å². The van der Waals surface area contributed by atoms with Crippen LogP contribution in [-0.2, 0) is 5.75 Å². The lowest BCUT2D eigenvalue weighted by Crippen LogP contribution is -1.79. The van der Waals surface area contributed by atoms with Crippen LogP contribution in [0, 0.1) is 6.92 Å². The number of halogens is 1. The van der Waals surface area contributed by atoms with Crippen molar-refractivity contribution in [3.05, 3.63) is 40.3 Å². The number of thioether (sulfide) groups is 1. The lowest BCUT2D eigenvalue weighted by molar-refractivity contribution is 0.983. The third-order valence-electron chi connectivity index (χ3n) is 2.32. The number of aromatic nitrogens is 4. The maximum absolute atomic E-state index is 5.93. The highest BCUT2D eigenvalue weighted by Gasteiger charge is 2.05. The number of hydrogen-bond donors (Lipinski definition) is 0. The molecule has 0 N–H and O–H groups in total. The average molecular weight is 297 g/mol. The van der Waals surface area contributed by atoms with Gasteiger partial charge in [0.15, 0.2) is 4.34 Å². The Morgan fingerprint density at radius 1 is 1.33 bits per heavy atom. The van der Waals surface area contributed by atoms with E-state index in [1.54, 1.807) is 23.1 Å². The summed E-state index contributed by atoms with van der Waals surface area (Å²) in [6, 6.07) is 3.75. The van der Waals surface area contributed by atoms with Gasteiger partial charge in [-0.15, -0.1) is 10.2 Å². The third-order valence-corrected chi connectivity index (χ3v) is 4.55. The number of pyridine rings is 1. The number of hydrogen-bond acceptors (Lipinski definition) is 5. The Morgan fingerprint density at radius 2 is 2.22 bits per heavy atom. The second-order valence-corrected chi connectivity index (χ2v) is 6.56. The van der Waals surface area contributed by atoms with Gasteiger partial charge in [0.1, 0.15) is 10.7 Å². The van der Waals surface area contributed by atoms with Crippen LogP contribution in [0.2, 0.25) is 5.02 Å². The lowest BCUT2D eigenvalue weighted by atomic mass is 10.5. The average Bonchev–Trinajstić information content (AvgIpc) is 2.92. The first kappa shape index (κ1) is 12.0. The Balaban J connectivity index is 1.78. The van der Waals surface area contributed by atoms with E-state index in [4.69, 9.17) is 11.6 Å². The van der Waals surface area contributed by atoms with Crippen LogP contribution in [0.1, 0.15) is 10.7 Å². The van der Waals surface area contributed by atoms with Crippen LogP contribution in [0.25, 0.3) is 5.65 Å². The molecule has 0 aliphatic carbocycles. The highest BCUT2D eigenvalue weighted by atomic mass is 35.5. The molecule has 0 unspecified atom stereocenters. The minimum absolute atomic E-state index is 0.707. The van der Waals surface area contributed by atoms with Crippen molar-refractivity contribution in [3.63, 3.8) is 0 Å². The van der Waals surface area contributed by atoms with E-state index >= 15 is 0 Å². The summed E-state index contributed by atoms with van der Waals surface area (Å²) in [5.41, 5.74) is 1.92. The summed E-state index contributed by atoms with van der Waals surface area (Å²) in [6.45, 7) is 1.95. The molecule has 3 rings (SSSR count). The second kappa shape index (κ2) is 4.87. The van der Waals surface area contributed by atoms with E-state index < -0.39 is 0 Å². The van der Waals surface area contributed by atoms with Crippen molar-refractivity contribution in [2.24, 2.45) is 0 Å². The topological polar surface area (TPSA) is 43.1 Å². The minimum Gasteiger partial charge on any atom is -0.305 e. The predicted octanol–water partition coefficient (Wildman–Crippen LogP) is 3.44. The van der Waals surface area contributed by atoms with Crippen molar-refractivity contribution in [1.82, 2.24) is 19.6 Å². The van der Waals surface area contributed by atoms with Gasteiger partial charge in [-0.2, -0.15) is 0 Å². The van der Waals surface area contributed by atoms with E-state index in [1.807, 2.05) is 35.9 Å². The number of nitrogens with zero attached hydrogens (tertiary/aromatic N) is 4. The van der Waals surface area contributed by atoms with Crippen molar-refractivity contribution in [2.45, 2.75) is 17.0 Å². The van der Waals surface area contributed by atoms with Gasteiger partial charge in [0, 0.05) is 18.1 Å². The van der Waals surface area contributed by atoms with Gasteiger partial charge in [0.05, 0.1) is 10.7 Å². The lowest BCUT2D eigenvalue weighted by Gasteiger charge is -1.91. The quantitative estimate of drug-likeness (QED) is 0.694. The van der Waals surface area contributed by atoms with Gasteiger partial charge in [-0.25, -0.2) is 4.98 Å². The van der Waals surface area contributed by atoms with Gasteiger partial charge >= 0.3 is 0 Å². The van der Waals surface area contributed by atoms with E-state index in [9.17, 15) is 0 Å². The van der Waals surface area contributed by atoms with Crippen molar-refractivity contribution in [2.75, 3.05) is 0 Å². The summed E-state index contributed by atoms with van der Waals surface area (Å²) in [7, 11) is 0. The maximum Gasteiger partial charge on any atom is 0.174 e. The minimum atomic E-state index is 0.707. The first-order valence-electron chi connectivity index (χ1n) is 5.27. The van der Waals surface area contributed by atoms with Gasteiger partial charge in [0.25, 0.3) is 0 Å².